The van der Waals surface area contributed by atoms with Gasteiger partial charge in [0, 0.05) is 13.6 Å². The number of likely N-dealkylation sites (N-methyl/N-ethyl adjacent to an activating group) is 1. The number of hydrogen-bond acceptors (Lipinski definition) is 2. The molecule has 0 saturated carbocycles. The normalized spacial score (nSPS) is 14.9. The van der Waals surface area contributed by atoms with Crippen molar-refractivity contribution in [2.75, 3.05) is 13.6 Å². The van der Waals surface area contributed by atoms with Crippen molar-refractivity contribution in [1.82, 2.24) is 10.2 Å². The number of carboxylic acid groups (broad SMARTS) is 1. The Kier molecular flexibility index (Phi) is 5.45. The highest BCUT2D eigenvalue weighted by Crippen LogP contribution is 2.24. The van der Waals surface area contributed by atoms with Gasteiger partial charge in [-0.25, -0.2) is 9.59 Å². The summed E-state index contributed by atoms with van der Waals surface area (Å²) in [5.41, 5.74) is 0.115. The first-order valence-corrected chi connectivity index (χ1v) is 5.80. The van der Waals surface area contributed by atoms with Crippen LogP contribution >= 0.6 is 0 Å². The summed E-state index contributed by atoms with van der Waals surface area (Å²) in [4.78, 5) is 23.6. The minimum Gasteiger partial charge on any atom is -0.480 e. The van der Waals surface area contributed by atoms with Gasteiger partial charge in [0.15, 0.2) is 0 Å². The van der Waals surface area contributed by atoms with E-state index in [0.717, 1.165) is 0 Å². The van der Waals surface area contributed by atoms with Crippen LogP contribution < -0.4 is 5.32 Å². The summed E-state index contributed by atoms with van der Waals surface area (Å²) >= 11 is 0. The van der Waals surface area contributed by atoms with Crippen LogP contribution in [0.1, 0.15) is 34.6 Å². The lowest BCUT2D eigenvalue weighted by Crippen LogP contribution is -2.47. The van der Waals surface area contributed by atoms with Crippen LogP contribution in [-0.4, -0.2) is 41.6 Å². The zero-order chi connectivity index (χ0) is 13.8. The van der Waals surface area contributed by atoms with Crippen LogP contribution in [0.4, 0.5) is 4.79 Å². The molecule has 0 bridgehead atoms. The van der Waals surface area contributed by atoms with E-state index >= 15 is 0 Å². The summed E-state index contributed by atoms with van der Waals surface area (Å²) < 4.78 is 0. The van der Waals surface area contributed by atoms with E-state index < -0.39 is 12.0 Å². The third-order valence-electron chi connectivity index (χ3n) is 3.30. The number of carbonyl (C=O) groups is 2. The molecule has 2 amide bonds. The van der Waals surface area contributed by atoms with Gasteiger partial charge in [-0.1, -0.05) is 27.7 Å². The molecule has 0 heterocycles. The summed E-state index contributed by atoms with van der Waals surface area (Å²) in [5.74, 6) is -0.688. The minimum atomic E-state index is -1.01. The Morgan fingerprint density at radius 1 is 1.29 bits per heavy atom. The molecule has 2 unspecified atom stereocenters. The van der Waals surface area contributed by atoms with Crippen molar-refractivity contribution in [3.05, 3.63) is 0 Å². The van der Waals surface area contributed by atoms with Crippen LogP contribution in [0.15, 0.2) is 0 Å². The fourth-order valence-corrected chi connectivity index (χ4v) is 1.01. The molecule has 0 fully saturated rings. The third-order valence-corrected chi connectivity index (χ3v) is 3.30. The van der Waals surface area contributed by atoms with Crippen molar-refractivity contribution in [3.63, 3.8) is 0 Å². The Labute approximate surface area is 103 Å². The van der Waals surface area contributed by atoms with Crippen LogP contribution in [0, 0.1) is 11.3 Å². The maximum absolute atomic E-state index is 11.7. The van der Waals surface area contributed by atoms with Gasteiger partial charge in [0.05, 0.1) is 0 Å². The van der Waals surface area contributed by atoms with Gasteiger partial charge in [0.2, 0.25) is 0 Å². The first-order chi connectivity index (χ1) is 7.57. The van der Waals surface area contributed by atoms with Gasteiger partial charge < -0.3 is 15.3 Å². The Hall–Kier alpha value is -1.26. The molecule has 0 saturated heterocycles. The molecule has 0 aliphatic rings. The van der Waals surface area contributed by atoms with Crippen LogP contribution in [-0.2, 0) is 4.79 Å². The van der Waals surface area contributed by atoms with Crippen LogP contribution in [0.5, 0.6) is 0 Å². The number of aliphatic carboxylic acids is 1. The van der Waals surface area contributed by atoms with E-state index in [4.69, 9.17) is 5.11 Å². The molecule has 0 aromatic carbocycles. The molecule has 0 spiro atoms. The van der Waals surface area contributed by atoms with Gasteiger partial charge in [0.25, 0.3) is 0 Å². The smallest absolute Gasteiger partial charge is 0.326 e. The van der Waals surface area contributed by atoms with Gasteiger partial charge in [0.1, 0.15) is 6.04 Å². The van der Waals surface area contributed by atoms with Crippen molar-refractivity contribution in [2.24, 2.45) is 11.3 Å². The van der Waals surface area contributed by atoms with E-state index in [1.165, 1.54) is 18.9 Å². The van der Waals surface area contributed by atoms with Crippen molar-refractivity contribution >= 4 is 12.0 Å². The molecule has 0 aliphatic heterocycles. The summed E-state index contributed by atoms with van der Waals surface area (Å²) in [6, 6.07) is -1.17. The maximum Gasteiger partial charge on any atom is 0.326 e. The van der Waals surface area contributed by atoms with E-state index in [1.54, 1.807) is 0 Å². The molecule has 0 radical (unpaired) electrons. The first kappa shape index (κ1) is 15.7. The predicted octanol–water partition coefficient (Wildman–Crippen LogP) is 1.78. The molecular weight excluding hydrogens is 220 g/mol. The summed E-state index contributed by atoms with van der Waals surface area (Å²) in [5, 5.41) is 11.5. The molecule has 0 aromatic rings. The molecule has 0 rings (SSSR count). The minimum absolute atomic E-state index is 0.115. The second kappa shape index (κ2) is 5.89. The van der Waals surface area contributed by atoms with Crippen LogP contribution in [0.3, 0.4) is 0 Å². The lowest BCUT2D eigenvalue weighted by molar-refractivity contribution is -0.141. The molecule has 17 heavy (non-hydrogen) atoms. The Morgan fingerprint density at radius 3 is 2.12 bits per heavy atom. The molecule has 0 aliphatic carbocycles. The summed E-state index contributed by atoms with van der Waals surface area (Å²) in [6.07, 6.45) is 0. The van der Waals surface area contributed by atoms with Gasteiger partial charge in [-0.3, -0.25) is 0 Å². The zero-order valence-electron chi connectivity index (χ0n) is 11.6. The SMILES string of the molecule is CC(C(=O)O)N(C)C(=O)NCC(C)C(C)(C)C. The average Bonchev–Trinajstić information content (AvgIpc) is 2.21. The highest BCUT2D eigenvalue weighted by Gasteiger charge is 2.24. The number of carbonyl (C=O) groups excluding carboxylic acids is 1. The Morgan fingerprint density at radius 2 is 1.76 bits per heavy atom. The number of nitrogens with one attached hydrogen (secondary N) is 1. The van der Waals surface area contributed by atoms with E-state index in [-0.39, 0.29) is 11.4 Å². The van der Waals surface area contributed by atoms with Gasteiger partial charge >= 0.3 is 12.0 Å². The Balaban J connectivity index is 4.24. The standard InChI is InChI=1S/C12H24N2O3/c1-8(12(3,4)5)7-13-11(17)14(6)9(2)10(15)16/h8-9H,7H2,1-6H3,(H,13,17)(H,15,16). The second-order valence-electron chi connectivity index (χ2n) is 5.58. The highest BCUT2D eigenvalue weighted by atomic mass is 16.4. The van der Waals surface area contributed by atoms with Crippen molar-refractivity contribution in [1.29, 1.82) is 0 Å². The van der Waals surface area contributed by atoms with Gasteiger partial charge in [-0.2, -0.15) is 0 Å². The van der Waals surface area contributed by atoms with E-state index in [9.17, 15) is 9.59 Å². The highest BCUT2D eigenvalue weighted by molar-refractivity contribution is 5.82. The third kappa shape index (κ3) is 5.06. The molecule has 2 atom stereocenters. The van der Waals surface area contributed by atoms with E-state index in [1.807, 2.05) is 0 Å². The first-order valence-electron chi connectivity index (χ1n) is 5.80. The number of rotatable bonds is 4. The fraction of sp³-hybridized carbons (Fsp3) is 0.833. The van der Waals surface area contributed by atoms with Crippen molar-refractivity contribution in [3.8, 4) is 0 Å². The number of hydrogen-bond donors (Lipinski definition) is 2. The maximum atomic E-state index is 11.7. The van der Waals surface area contributed by atoms with Crippen LogP contribution in [0.2, 0.25) is 0 Å². The predicted molar refractivity (Wildman–Crippen MR) is 66.9 cm³/mol. The number of urea groups is 1. The molecule has 0 aromatic heterocycles. The molecule has 2 N–H and O–H groups in total. The lowest BCUT2D eigenvalue weighted by Gasteiger charge is -2.29. The summed E-state index contributed by atoms with van der Waals surface area (Å²) in [6.45, 7) is 10.4. The molecule has 5 heteroatoms. The number of carboxylic acids is 1. The van der Waals surface area contributed by atoms with Crippen molar-refractivity contribution < 1.29 is 14.7 Å². The summed E-state index contributed by atoms with van der Waals surface area (Å²) in [7, 11) is 1.48. The number of amides is 2. The molecule has 5 nitrogen and oxygen atoms in total. The van der Waals surface area contributed by atoms with Crippen LogP contribution in [0.25, 0.3) is 0 Å². The molecule has 100 valence electrons. The fourth-order valence-electron chi connectivity index (χ4n) is 1.01. The van der Waals surface area contributed by atoms with E-state index in [0.29, 0.717) is 12.5 Å². The largest absolute Gasteiger partial charge is 0.480 e. The quantitative estimate of drug-likeness (QED) is 0.792. The lowest BCUT2D eigenvalue weighted by atomic mass is 9.82. The average molecular weight is 244 g/mol. The topological polar surface area (TPSA) is 69.6 Å². The molecular formula is C12H24N2O3. The number of nitrogens with zero attached hydrogens (tertiary/aromatic N) is 1. The monoisotopic (exact) mass is 244 g/mol. The zero-order valence-corrected chi connectivity index (χ0v) is 11.6. The second-order valence-corrected chi connectivity index (χ2v) is 5.58. The Bertz CT molecular complexity index is 284. The van der Waals surface area contributed by atoms with Gasteiger partial charge in [-0.05, 0) is 18.3 Å². The van der Waals surface area contributed by atoms with Crippen molar-refractivity contribution in [2.45, 2.75) is 40.7 Å². The van der Waals surface area contributed by atoms with Gasteiger partial charge in [-0.15, -0.1) is 0 Å². The van der Waals surface area contributed by atoms with E-state index in [2.05, 4.69) is 33.0 Å².